The van der Waals surface area contributed by atoms with Gasteiger partial charge in [0, 0.05) is 42.3 Å². The van der Waals surface area contributed by atoms with Crippen molar-refractivity contribution in [3.63, 3.8) is 0 Å². The number of rotatable bonds is 5. The number of sulfonamides is 1. The van der Waals surface area contributed by atoms with E-state index in [-0.39, 0.29) is 23.4 Å². The number of aryl methyl sites for hydroxylation is 1. The number of anilines is 1. The first-order valence-electron chi connectivity index (χ1n) is 10.9. The summed E-state index contributed by atoms with van der Waals surface area (Å²) in [5, 5.41) is 4.24. The maximum atomic E-state index is 13.0. The number of piperidine rings is 1. The van der Waals surface area contributed by atoms with E-state index in [0.717, 1.165) is 30.2 Å². The van der Waals surface area contributed by atoms with Gasteiger partial charge in [0.05, 0.1) is 5.75 Å². The van der Waals surface area contributed by atoms with Gasteiger partial charge in [-0.05, 0) is 51.5 Å². The Kier molecular flexibility index (Phi) is 5.85. The number of nitrogens with zero attached hydrogens (tertiary/aromatic N) is 4. The lowest BCUT2D eigenvalue weighted by molar-refractivity contribution is 0.329. The van der Waals surface area contributed by atoms with Crippen LogP contribution in [0.5, 0.6) is 0 Å². The standard InChI is InChI=1S/C21H31N5O3S/c1-4-30(28,29)25-10-8-17(9-11-25)23-21-22-13-16-12-15(3)20(27)26(19(16)24-21)18-7-5-6-14(18)2/h12-14,17-18H,4-11H2,1-3H3,(H,22,23,24)/t14-,18+/m0/s1. The van der Waals surface area contributed by atoms with E-state index in [1.807, 2.05) is 17.6 Å². The van der Waals surface area contributed by atoms with Crippen molar-refractivity contribution >= 4 is 27.0 Å². The van der Waals surface area contributed by atoms with E-state index in [4.69, 9.17) is 4.98 Å². The first-order valence-corrected chi connectivity index (χ1v) is 12.5. The highest BCUT2D eigenvalue weighted by Crippen LogP contribution is 2.36. The SMILES string of the molecule is CCS(=O)(=O)N1CCC(Nc2ncc3cc(C)c(=O)n([C@@H]4CCC[C@@H]4C)c3n2)CC1. The molecule has 0 bridgehead atoms. The molecule has 8 nitrogen and oxygen atoms in total. The Bertz CT molecular complexity index is 1090. The fourth-order valence-corrected chi connectivity index (χ4v) is 5.92. The van der Waals surface area contributed by atoms with E-state index in [0.29, 0.717) is 43.4 Å². The van der Waals surface area contributed by atoms with E-state index in [1.54, 1.807) is 17.4 Å². The summed E-state index contributed by atoms with van der Waals surface area (Å²) in [5.74, 6) is 1.08. The molecular weight excluding hydrogens is 402 g/mol. The summed E-state index contributed by atoms with van der Waals surface area (Å²) in [7, 11) is -3.14. The Balaban J connectivity index is 1.59. The van der Waals surface area contributed by atoms with Crippen molar-refractivity contribution in [3.8, 4) is 0 Å². The van der Waals surface area contributed by atoms with Gasteiger partial charge < -0.3 is 5.32 Å². The molecule has 0 aromatic carbocycles. The van der Waals surface area contributed by atoms with Crippen LogP contribution in [0.1, 0.15) is 57.6 Å². The van der Waals surface area contributed by atoms with Gasteiger partial charge in [-0.1, -0.05) is 13.3 Å². The van der Waals surface area contributed by atoms with Gasteiger partial charge in [-0.25, -0.2) is 17.7 Å². The number of fused-ring (bicyclic) bond motifs is 1. The molecule has 1 N–H and O–H groups in total. The Labute approximate surface area is 177 Å². The minimum atomic E-state index is -3.14. The molecule has 0 radical (unpaired) electrons. The molecule has 2 aromatic heterocycles. The maximum Gasteiger partial charge on any atom is 0.255 e. The zero-order valence-corrected chi connectivity index (χ0v) is 18.8. The van der Waals surface area contributed by atoms with Gasteiger partial charge in [0.25, 0.3) is 5.56 Å². The van der Waals surface area contributed by atoms with Gasteiger partial charge in [-0.2, -0.15) is 4.98 Å². The fourth-order valence-electron chi connectivity index (χ4n) is 4.79. The average Bonchev–Trinajstić information content (AvgIpc) is 3.15. The highest BCUT2D eigenvalue weighted by atomic mass is 32.2. The summed E-state index contributed by atoms with van der Waals surface area (Å²) >= 11 is 0. The van der Waals surface area contributed by atoms with E-state index in [9.17, 15) is 13.2 Å². The minimum Gasteiger partial charge on any atom is -0.351 e. The molecule has 164 valence electrons. The Hall–Kier alpha value is -2.00. The monoisotopic (exact) mass is 433 g/mol. The van der Waals surface area contributed by atoms with Crippen molar-refractivity contribution in [1.29, 1.82) is 0 Å². The molecule has 3 heterocycles. The zero-order chi connectivity index (χ0) is 21.5. The second kappa shape index (κ2) is 8.26. The first-order chi connectivity index (χ1) is 14.3. The lowest BCUT2D eigenvalue weighted by Crippen LogP contribution is -2.43. The van der Waals surface area contributed by atoms with E-state index < -0.39 is 10.0 Å². The van der Waals surface area contributed by atoms with Crippen LogP contribution < -0.4 is 10.9 Å². The maximum absolute atomic E-state index is 13.0. The van der Waals surface area contributed by atoms with Gasteiger partial charge in [0.2, 0.25) is 16.0 Å². The molecule has 2 atom stereocenters. The van der Waals surface area contributed by atoms with Crippen molar-refractivity contribution in [2.24, 2.45) is 5.92 Å². The molecular formula is C21H31N5O3S. The summed E-state index contributed by atoms with van der Waals surface area (Å²) in [6.45, 7) is 6.74. The normalized spacial score (nSPS) is 23.8. The molecule has 0 unspecified atom stereocenters. The van der Waals surface area contributed by atoms with Crippen LogP contribution in [0.2, 0.25) is 0 Å². The molecule has 1 aliphatic heterocycles. The van der Waals surface area contributed by atoms with Crippen molar-refractivity contribution in [2.75, 3.05) is 24.2 Å². The van der Waals surface area contributed by atoms with Crippen molar-refractivity contribution in [1.82, 2.24) is 18.8 Å². The van der Waals surface area contributed by atoms with E-state index in [2.05, 4.69) is 17.2 Å². The summed E-state index contributed by atoms with van der Waals surface area (Å²) in [6, 6.07) is 2.15. The number of nitrogens with one attached hydrogen (secondary N) is 1. The van der Waals surface area contributed by atoms with Gasteiger partial charge in [-0.15, -0.1) is 0 Å². The second-order valence-electron chi connectivity index (χ2n) is 8.67. The van der Waals surface area contributed by atoms with Crippen molar-refractivity contribution in [3.05, 3.63) is 28.2 Å². The Morgan fingerprint density at radius 1 is 1.20 bits per heavy atom. The third-order valence-electron chi connectivity index (χ3n) is 6.65. The second-order valence-corrected chi connectivity index (χ2v) is 10.9. The molecule has 2 aromatic rings. The predicted molar refractivity (Wildman–Crippen MR) is 118 cm³/mol. The molecule has 4 rings (SSSR count). The summed E-state index contributed by atoms with van der Waals surface area (Å²) in [5.41, 5.74) is 1.44. The summed E-state index contributed by atoms with van der Waals surface area (Å²) in [6.07, 6.45) is 6.45. The number of hydrogen-bond acceptors (Lipinski definition) is 6. The molecule has 0 spiro atoms. The lowest BCUT2D eigenvalue weighted by Gasteiger charge is -2.31. The lowest BCUT2D eigenvalue weighted by atomic mass is 10.1. The molecule has 2 aliphatic rings. The third-order valence-corrected chi connectivity index (χ3v) is 8.53. The van der Waals surface area contributed by atoms with Crippen LogP contribution in [0.25, 0.3) is 11.0 Å². The van der Waals surface area contributed by atoms with Crippen LogP contribution >= 0.6 is 0 Å². The fraction of sp³-hybridized carbons (Fsp3) is 0.667. The van der Waals surface area contributed by atoms with Gasteiger partial charge in [0.15, 0.2) is 0 Å². The average molecular weight is 434 g/mol. The van der Waals surface area contributed by atoms with Crippen molar-refractivity contribution < 1.29 is 8.42 Å². The largest absolute Gasteiger partial charge is 0.351 e. The zero-order valence-electron chi connectivity index (χ0n) is 18.0. The van der Waals surface area contributed by atoms with Crippen LogP contribution in [0.3, 0.4) is 0 Å². The summed E-state index contributed by atoms with van der Waals surface area (Å²) < 4.78 is 27.6. The molecule has 0 amide bonds. The highest BCUT2D eigenvalue weighted by molar-refractivity contribution is 7.89. The molecule has 1 aliphatic carbocycles. The Morgan fingerprint density at radius 2 is 1.93 bits per heavy atom. The van der Waals surface area contributed by atoms with Crippen LogP contribution in [0.4, 0.5) is 5.95 Å². The van der Waals surface area contributed by atoms with Crippen LogP contribution in [-0.2, 0) is 10.0 Å². The van der Waals surface area contributed by atoms with E-state index >= 15 is 0 Å². The van der Waals surface area contributed by atoms with Gasteiger partial charge in [-0.3, -0.25) is 9.36 Å². The molecule has 1 saturated carbocycles. The molecule has 1 saturated heterocycles. The van der Waals surface area contributed by atoms with Gasteiger partial charge in [0.1, 0.15) is 5.65 Å². The van der Waals surface area contributed by atoms with Gasteiger partial charge >= 0.3 is 0 Å². The third kappa shape index (κ3) is 3.97. The smallest absolute Gasteiger partial charge is 0.255 e. The van der Waals surface area contributed by atoms with Crippen LogP contribution in [0.15, 0.2) is 17.1 Å². The topological polar surface area (TPSA) is 97.2 Å². The Morgan fingerprint density at radius 3 is 2.57 bits per heavy atom. The van der Waals surface area contributed by atoms with Crippen LogP contribution in [-0.4, -0.2) is 52.1 Å². The first kappa shape index (κ1) is 21.2. The number of aromatic nitrogens is 3. The predicted octanol–water partition coefficient (Wildman–Crippen LogP) is 2.69. The minimum absolute atomic E-state index is 0.0315. The van der Waals surface area contributed by atoms with Crippen LogP contribution in [0, 0.1) is 12.8 Å². The van der Waals surface area contributed by atoms with Crippen molar-refractivity contribution in [2.45, 2.75) is 65.0 Å². The summed E-state index contributed by atoms with van der Waals surface area (Å²) in [4.78, 5) is 22.2. The van der Waals surface area contributed by atoms with E-state index in [1.165, 1.54) is 0 Å². The number of pyridine rings is 1. The molecule has 30 heavy (non-hydrogen) atoms. The quantitative estimate of drug-likeness (QED) is 0.779. The highest BCUT2D eigenvalue weighted by Gasteiger charge is 2.29. The molecule has 9 heteroatoms. The number of hydrogen-bond donors (Lipinski definition) is 1. The molecule has 2 fully saturated rings.